The van der Waals surface area contributed by atoms with Crippen LogP contribution in [0.4, 0.5) is 10.5 Å². The predicted octanol–water partition coefficient (Wildman–Crippen LogP) is 5.70. The summed E-state index contributed by atoms with van der Waals surface area (Å²) in [7, 11) is 0. The number of piperidine rings is 2. The fraction of sp³-hybridized carbons (Fsp3) is 0.423. The average molecular weight is 417 g/mol. The first-order valence-corrected chi connectivity index (χ1v) is 11.6. The third kappa shape index (κ3) is 4.19. The van der Waals surface area contributed by atoms with Gasteiger partial charge in [0.15, 0.2) is 0 Å². The molecule has 2 N–H and O–H groups in total. The molecular weight excluding hydrogens is 384 g/mol. The van der Waals surface area contributed by atoms with E-state index < -0.39 is 0 Å². The zero-order valence-electron chi connectivity index (χ0n) is 18.3. The largest absolute Gasteiger partial charge is 0.361 e. The Bertz CT molecular complexity index is 1050. The number of fused-ring (bicyclic) bond motifs is 1. The first-order chi connectivity index (χ1) is 15.2. The van der Waals surface area contributed by atoms with Gasteiger partial charge in [-0.15, -0.1) is 0 Å². The molecule has 3 aromatic rings. The molecule has 0 radical (unpaired) electrons. The van der Waals surface area contributed by atoms with E-state index in [4.69, 9.17) is 0 Å². The Morgan fingerprint density at radius 3 is 2.68 bits per heavy atom. The number of urea groups is 1. The van der Waals surface area contributed by atoms with Crippen LogP contribution in [0.2, 0.25) is 0 Å². The second kappa shape index (κ2) is 8.75. The van der Waals surface area contributed by atoms with E-state index in [0.29, 0.717) is 5.92 Å². The summed E-state index contributed by atoms with van der Waals surface area (Å²) in [6, 6.07) is 16.7. The van der Waals surface area contributed by atoms with Gasteiger partial charge in [-0.25, -0.2) is 4.79 Å². The predicted molar refractivity (Wildman–Crippen MR) is 126 cm³/mol. The van der Waals surface area contributed by atoms with Crippen LogP contribution in [0.1, 0.15) is 49.1 Å². The van der Waals surface area contributed by atoms with Crippen molar-refractivity contribution in [1.82, 2.24) is 14.8 Å². The highest BCUT2D eigenvalue weighted by molar-refractivity contribution is 5.89. The molecule has 2 amide bonds. The fourth-order valence-corrected chi connectivity index (χ4v) is 5.39. The minimum atomic E-state index is 0.0362. The number of likely N-dealkylation sites (tertiary alicyclic amines) is 2. The van der Waals surface area contributed by atoms with E-state index in [-0.39, 0.29) is 12.2 Å². The zero-order valence-corrected chi connectivity index (χ0v) is 18.3. The number of hydrogen-bond acceptors (Lipinski definition) is 2. The van der Waals surface area contributed by atoms with Crippen molar-refractivity contribution in [1.29, 1.82) is 0 Å². The van der Waals surface area contributed by atoms with Gasteiger partial charge in [-0.1, -0.05) is 30.3 Å². The minimum absolute atomic E-state index is 0.0362. The first-order valence-electron chi connectivity index (χ1n) is 11.6. The lowest BCUT2D eigenvalue weighted by molar-refractivity contribution is 0.0275. The Kier molecular flexibility index (Phi) is 5.68. The average Bonchev–Trinajstić information content (AvgIpc) is 3.23. The summed E-state index contributed by atoms with van der Waals surface area (Å²) in [5, 5.41) is 4.49. The number of aromatic amines is 1. The van der Waals surface area contributed by atoms with Gasteiger partial charge in [0.25, 0.3) is 0 Å². The summed E-state index contributed by atoms with van der Waals surface area (Å²) in [6.07, 6.45) is 8.05. The monoisotopic (exact) mass is 416 g/mol. The topological polar surface area (TPSA) is 51.4 Å². The molecule has 2 saturated heterocycles. The first kappa shape index (κ1) is 20.1. The molecule has 2 fully saturated rings. The Morgan fingerprint density at radius 2 is 1.84 bits per heavy atom. The number of anilines is 1. The van der Waals surface area contributed by atoms with Crippen LogP contribution in [0.15, 0.2) is 54.7 Å². The molecule has 0 saturated carbocycles. The van der Waals surface area contributed by atoms with Crippen molar-refractivity contribution in [2.45, 2.75) is 51.1 Å². The second-order valence-corrected chi connectivity index (χ2v) is 9.07. The third-order valence-corrected chi connectivity index (χ3v) is 7.01. The van der Waals surface area contributed by atoms with Crippen LogP contribution >= 0.6 is 0 Å². The van der Waals surface area contributed by atoms with E-state index in [9.17, 15) is 4.79 Å². The molecule has 5 nitrogen and oxygen atoms in total. The molecule has 1 aromatic heterocycles. The summed E-state index contributed by atoms with van der Waals surface area (Å²) < 4.78 is 0. The maximum Gasteiger partial charge on any atom is 0.323 e. The van der Waals surface area contributed by atoms with Crippen molar-refractivity contribution in [2.75, 3.05) is 25.0 Å². The number of amides is 2. The van der Waals surface area contributed by atoms with E-state index >= 15 is 0 Å². The Hall–Kier alpha value is -2.79. The summed E-state index contributed by atoms with van der Waals surface area (Å²) in [5.74, 6) is 0.588. The molecule has 2 aromatic carbocycles. The highest BCUT2D eigenvalue weighted by atomic mass is 16.2. The lowest BCUT2D eigenvalue weighted by Crippen LogP contribution is -2.56. The minimum Gasteiger partial charge on any atom is -0.361 e. The van der Waals surface area contributed by atoms with Crippen molar-refractivity contribution in [3.8, 4) is 0 Å². The van der Waals surface area contributed by atoms with Gasteiger partial charge < -0.3 is 15.2 Å². The number of hydrogen-bond donors (Lipinski definition) is 2. The van der Waals surface area contributed by atoms with Gasteiger partial charge in [0.2, 0.25) is 0 Å². The normalized spacial score (nSPS) is 20.8. The number of H-pyrrole nitrogens is 1. The lowest BCUT2D eigenvalue weighted by Gasteiger charge is -2.45. The molecular formula is C26H32N4O. The molecule has 0 bridgehead atoms. The number of carbonyl (C=O) groups excluding carboxylic acids is 1. The van der Waals surface area contributed by atoms with Gasteiger partial charge >= 0.3 is 6.03 Å². The van der Waals surface area contributed by atoms with E-state index in [1.165, 1.54) is 22.9 Å². The summed E-state index contributed by atoms with van der Waals surface area (Å²) in [5.41, 5.74) is 4.72. The number of aromatic nitrogens is 1. The van der Waals surface area contributed by atoms with Crippen molar-refractivity contribution < 1.29 is 4.79 Å². The summed E-state index contributed by atoms with van der Waals surface area (Å²) in [6.45, 7) is 4.98. The number of nitrogens with one attached hydrogen (secondary N) is 2. The molecule has 2 aliphatic rings. The van der Waals surface area contributed by atoms with Gasteiger partial charge in [-0.3, -0.25) is 4.90 Å². The van der Waals surface area contributed by atoms with Crippen LogP contribution in [0.25, 0.3) is 10.9 Å². The smallest absolute Gasteiger partial charge is 0.323 e. The van der Waals surface area contributed by atoms with Gasteiger partial charge in [0, 0.05) is 42.4 Å². The van der Waals surface area contributed by atoms with Crippen LogP contribution in [0.5, 0.6) is 0 Å². The Labute approximate surface area is 184 Å². The van der Waals surface area contributed by atoms with Gasteiger partial charge in [0.05, 0.1) is 6.17 Å². The van der Waals surface area contributed by atoms with Gasteiger partial charge in [-0.2, -0.15) is 0 Å². The van der Waals surface area contributed by atoms with E-state index in [1.807, 2.05) is 18.2 Å². The van der Waals surface area contributed by atoms with Crippen LogP contribution < -0.4 is 5.32 Å². The molecule has 31 heavy (non-hydrogen) atoms. The molecule has 5 rings (SSSR count). The number of benzene rings is 2. The van der Waals surface area contributed by atoms with Crippen molar-refractivity contribution in [2.24, 2.45) is 0 Å². The third-order valence-electron chi connectivity index (χ3n) is 7.01. The molecule has 1 unspecified atom stereocenters. The highest BCUT2D eigenvalue weighted by Crippen LogP contribution is 2.35. The molecule has 162 valence electrons. The van der Waals surface area contributed by atoms with E-state index in [1.54, 1.807) is 0 Å². The number of aryl methyl sites for hydroxylation is 1. The summed E-state index contributed by atoms with van der Waals surface area (Å²) in [4.78, 5) is 21.2. The van der Waals surface area contributed by atoms with Crippen molar-refractivity contribution in [3.05, 3.63) is 65.9 Å². The molecule has 0 aliphatic carbocycles. The van der Waals surface area contributed by atoms with Gasteiger partial charge in [0.1, 0.15) is 0 Å². The number of para-hydroxylation sites is 1. The van der Waals surface area contributed by atoms with Crippen LogP contribution in [0.3, 0.4) is 0 Å². The molecule has 3 heterocycles. The number of nitrogens with zero attached hydrogens (tertiary/aromatic N) is 2. The van der Waals surface area contributed by atoms with Crippen LogP contribution in [-0.4, -0.2) is 46.6 Å². The lowest BCUT2D eigenvalue weighted by atomic mass is 9.88. The maximum absolute atomic E-state index is 13.1. The molecule has 2 aliphatic heterocycles. The second-order valence-electron chi connectivity index (χ2n) is 9.07. The highest BCUT2D eigenvalue weighted by Gasteiger charge is 2.34. The van der Waals surface area contributed by atoms with Gasteiger partial charge in [-0.05, 0) is 74.3 Å². The van der Waals surface area contributed by atoms with Crippen molar-refractivity contribution in [3.63, 3.8) is 0 Å². The van der Waals surface area contributed by atoms with Crippen LogP contribution in [-0.2, 0) is 0 Å². The van der Waals surface area contributed by atoms with E-state index in [0.717, 1.165) is 56.6 Å². The molecule has 5 heteroatoms. The molecule has 0 spiro atoms. The maximum atomic E-state index is 13.1. The standard InChI is InChI=1S/C26H32N4O/c1-19-7-6-8-21(17-19)28-26(31)30-14-5-4-11-25(30)29-15-12-20(13-16-29)23-18-27-24-10-3-2-9-22(23)24/h2-3,6-10,17-18,20,25,27H,4-5,11-16H2,1H3,(H,28,31). The number of carbonyl (C=O) groups is 1. The Morgan fingerprint density at radius 1 is 1.00 bits per heavy atom. The quantitative estimate of drug-likeness (QED) is 0.575. The van der Waals surface area contributed by atoms with Crippen LogP contribution in [0, 0.1) is 6.92 Å². The Balaban J connectivity index is 1.25. The molecule has 1 atom stereocenters. The SMILES string of the molecule is Cc1cccc(NC(=O)N2CCCCC2N2CCC(c3c[nH]c4ccccc34)CC2)c1. The van der Waals surface area contributed by atoms with Crippen molar-refractivity contribution >= 4 is 22.6 Å². The van der Waals surface area contributed by atoms with E-state index in [2.05, 4.69) is 63.6 Å². The summed E-state index contributed by atoms with van der Waals surface area (Å²) >= 11 is 0. The number of rotatable bonds is 3. The fourth-order valence-electron chi connectivity index (χ4n) is 5.39. The zero-order chi connectivity index (χ0) is 21.2.